The number of hydrogen-bond acceptors (Lipinski definition) is 2. The molecule has 2 N–H and O–H groups in total. The van der Waals surface area contributed by atoms with Gasteiger partial charge < -0.3 is 10.2 Å². The highest BCUT2D eigenvalue weighted by Gasteiger charge is 1.92. The van der Waals surface area contributed by atoms with Gasteiger partial charge in [0, 0.05) is 6.61 Å². The SMILES string of the molecule is CCC(=CO)CCCCO. The molecule has 10 heavy (non-hydrogen) atoms. The zero-order valence-electron chi connectivity index (χ0n) is 6.51. The van der Waals surface area contributed by atoms with Crippen molar-refractivity contribution in [1.82, 2.24) is 0 Å². The lowest BCUT2D eigenvalue weighted by molar-refractivity contribution is 0.284. The van der Waals surface area contributed by atoms with E-state index in [4.69, 9.17) is 10.2 Å². The van der Waals surface area contributed by atoms with E-state index in [0.717, 1.165) is 31.3 Å². The second-order valence-electron chi connectivity index (χ2n) is 2.32. The van der Waals surface area contributed by atoms with Crippen LogP contribution in [0.2, 0.25) is 0 Å². The first-order valence-electron chi connectivity index (χ1n) is 3.78. The van der Waals surface area contributed by atoms with Gasteiger partial charge in [-0.05, 0) is 31.3 Å². The molecule has 0 rings (SSSR count). The van der Waals surface area contributed by atoms with Crippen molar-refractivity contribution in [3.05, 3.63) is 11.8 Å². The standard InChI is InChI=1S/C8H16O2/c1-2-8(7-10)5-3-4-6-9/h7,9-10H,2-6H2,1H3. The molecular weight excluding hydrogens is 128 g/mol. The molecule has 2 heteroatoms. The molecule has 0 aromatic rings. The van der Waals surface area contributed by atoms with E-state index in [1.807, 2.05) is 6.92 Å². The Morgan fingerprint density at radius 1 is 1.40 bits per heavy atom. The normalized spacial score (nSPS) is 12.0. The summed E-state index contributed by atoms with van der Waals surface area (Å²) in [5, 5.41) is 17.0. The van der Waals surface area contributed by atoms with E-state index >= 15 is 0 Å². The van der Waals surface area contributed by atoms with Crippen LogP contribution in [-0.4, -0.2) is 16.8 Å². The summed E-state index contributed by atoms with van der Waals surface area (Å²) in [5.74, 6) is 0. The zero-order chi connectivity index (χ0) is 7.82. The second kappa shape index (κ2) is 6.62. The number of allylic oxidation sites excluding steroid dienone is 1. The lowest BCUT2D eigenvalue weighted by Crippen LogP contribution is -1.86. The Morgan fingerprint density at radius 2 is 2.10 bits per heavy atom. The van der Waals surface area contributed by atoms with Gasteiger partial charge >= 0.3 is 0 Å². The summed E-state index contributed by atoms with van der Waals surface area (Å²) in [6.07, 6.45) is 4.79. The van der Waals surface area contributed by atoms with E-state index in [1.165, 1.54) is 6.26 Å². The molecule has 0 radical (unpaired) electrons. The summed E-state index contributed by atoms with van der Waals surface area (Å²) in [6, 6.07) is 0. The maximum Gasteiger partial charge on any atom is 0.0783 e. The summed E-state index contributed by atoms with van der Waals surface area (Å²) in [4.78, 5) is 0. The highest BCUT2D eigenvalue weighted by Crippen LogP contribution is 2.09. The molecule has 0 aliphatic heterocycles. The fraction of sp³-hybridized carbons (Fsp3) is 0.750. The zero-order valence-corrected chi connectivity index (χ0v) is 6.51. The molecule has 60 valence electrons. The Hall–Kier alpha value is -0.500. The molecule has 0 aromatic heterocycles. The Bertz CT molecular complexity index is 97.4. The second-order valence-corrected chi connectivity index (χ2v) is 2.32. The minimum absolute atomic E-state index is 0.252. The molecule has 0 bridgehead atoms. The summed E-state index contributed by atoms with van der Waals surface area (Å²) in [5.41, 5.74) is 1.06. The first-order valence-corrected chi connectivity index (χ1v) is 3.78. The lowest BCUT2D eigenvalue weighted by Gasteiger charge is -1.99. The van der Waals surface area contributed by atoms with Gasteiger partial charge in [0.2, 0.25) is 0 Å². The average Bonchev–Trinajstić information content (AvgIpc) is 1.99. The largest absolute Gasteiger partial charge is 0.516 e. The summed E-state index contributed by atoms with van der Waals surface area (Å²) < 4.78 is 0. The van der Waals surface area contributed by atoms with Gasteiger partial charge in [0.15, 0.2) is 0 Å². The first kappa shape index (κ1) is 9.50. The third kappa shape index (κ3) is 4.39. The Labute approximate surface area is 62.2 Å². The predicted octanol–water partition coefficient (Wildman–Crippen LogP) is 2.00. The maximum absolute atomic E-state index is 8.60. The highest BCUT2D eigenvalue weighted by molar-refractivity contribution is 4.95. The smallest absolute Gasteiger partial charge is 0.0783 e. The van der Waals surface area contributed by atoms with E-state index in [0.29, 0.717) is 0 Å². The van der Waals surface area contributed by atoms with Gasteiger partial charge in [-0.1, -0.05) is 6.92 Å². The number of hydrogen-bond donors (Lipinski definition) is 2. The van der Waals surface area contributed by atoms with Gasteiger partial charge in [-0.25, -0.2) is 0 Å². The van der Waals surface area contributed by atoms with Crippen LogP contribution in [0.15, 0.2) is 11.8 Å². The van der Waals surface area contributed by atoms with E-state index in [9.17, 15) is 0 Å². The van der Waals surface area contributed by atoms with Crippen molar-refractivity contribution in [1.29, 1.82) is 0 Å². The van der Waals surface area contributed by atoms with E-state index in [1.54, 1.807) is 0 Å². The number of aliphatic hydroxyl groups is 2. The topological polar surface area (TPSA) is 40.5 Å². The fourth-order valence-corrected chi connectivity index (χ4v) is 0.796. The van der Waals surface area contributed by atoms with Gasteiger partial charge in [0.25, 0.3) is 0 Å². The van der Waals surface area contributed by atoms with E-state index in [2.05, 4.69) is 0 Å². The maximum atomic E-state index is 8.60. The minimum Gasteiger partial charge on any atom is -0.516 e. The summed E-state index contributed by atoms with van der Waals surface area (Å²) in [7, 11) is 0. The van der Waals surface area contributed by atoms with Gasteiger partial charge in [-0.15, -0.1) is 0 Å². The first-order chi connectivity index (χ1) is 4.85. The Kier molecular flexibility index (Phi) is 6.29. The molecule has 0 saturated heterocycles. The quantitative estimate of drug-likeness (QED) is 0.457. The van der Waals surface area contributed by atoms with Crippen LogP contribution in [0, 0.1) is 0 Å². The molecule has 0 unspecified atom stereocenters. The molecule has 0 spiro atoms. The van der Waals surface area contributed by atoms with Gasteiger partial charge in [-0.3, -0.25) is 0 Å². The Balaban J connectivity index is 3.27. The van der Waals surface area contributed by atoms with Crippen LogP contribution in [-0.2, 0) is 0 Å². The van der Waals surface area contributed by atoms with Crippen molar-refractivity contribution in [3.8, 4) is 0 Å². The van der Waals surface area contributed by atoms with Crippen molar-refractivity contribution < 1.29 is 10.2 Å². The van der Waals surface area contributed by atoms with Gasteiger partial charge in [-0.2, -0.15) is 0 Å². The predicted molar refractivity (Wildman–Crippen MR) is 41.9 cm³/mol. The van der Waals surface area contributed by atoms with Crippen LogP contribution in [0.4, 0.5) is 0 Å². The molecule has 0 atom stereocenters. The fourth-order valence-electron chi connectivity index (χ4n) is 0.796. The molecule has 0 aliphatic carbocycles. The molecule has 0 aliphatic rings. The van der Waals surface area contributed by atoms with Crippen LogP contribution in [0.1, 0.15) is 32.6 Å². The third-order valence-electron chi connectivity index (χ3n) is 1.54. The van der Waals surface area contributed by atoms with Crippen LogP contribution < -0.4 is 0 Å². The van der Waals surface area contributed by atoms with Crippen LogP contribution in [0.3, 0.4) is 0 Å². The molecule has 0 fully saturated rings. The average molecular weight is 144 g/mol. The molecule has 0 saturated carbocycles. The van der Waals surface area contributed by atoms with Gasteiger partial charge in [0.05, 0.1) is 6.26 Å². The number of rotatable bonds is 5. The van der Waals surface area contributed by atoms with Crippen molar-refractivity contribution in [2.45, 2.75) is 32.6 Å². The van der Waals surface area contributed by atoms with Crippen molar-refractivity contribution >= 4 is 0 Å². The van der Waals surface area contributed by atoms with Crippen molar-refractivity contribution in [3.63, 3.8) is 0 Å². The molecular formula is C8H16O2. The number of unbranched alkanes of at least 4 members (excludes halogenated alkanes) is 1. The molecule has 0 heterocycles. The van der Waals surface area contributed by atoms with Gasteiger partial charge in [0.1, 0.15) is 0 Å². The monoisotopic (exact) mass is 144 g/mol. The van der Waals surface area contributed by atoms with E-state index in [-0.39, 0.29) is 6.61 Å². The lowest BCUT2D eigenvalue weighted by atomic mass is 10.1. The summed E-state index contributed by atoms with van der Waals surface area (Å²) >= 11 is 0. The van der Waals surface area contributed by atoms with Crippen LogP contribution >= 0.6 is 0 Å². The van der Waals surface area contributed by atoms with E-state index < -0.39 is 0 Å². The third-order valence-corrected chi connectivity index (χ3v) is 1.54. The van der Waals surface area contributed by atoms with Crippen LogP contribution in [0.25, 0.3) is 0 Å². The highest BCUT2D eigenvalue weighted by atomic mass is 16.3. The Morgan fingerprint density at radius 3 is 2.50 bits per heavy atom. The van der Waals surface area contributed by atoms with Crippen molar-refractivity contribution in [2.24, 2.45) is 0 Å². The van der Waals surface area contributed by atoms with Crippen molar-refractivity contribution in [2.75, 3.05) is 6.61 Å². The molecule has 0 aromatic carbocycles. The molecule has 2 nitrogen and oxygen atoms in total. The van der Waals surface area contributed by atoms with Crippen LogP contribution in [0.5, 0.6) is 0 Å². The minimum atomic E-state index is 0.252. The summed E-state index contributed by atoms with van der Waals surface area (Å²) in [6.45, 7) is 2.27. The number of aliphatic hydroxyl groups excluding tert-OH is 2. The molecule has 0 amide bonds.